The molecule has 5 heteroatoms. The third-order valence-electron chi connectivity index (χ3n) is 3.41. The van der Waals surface area contributed by atoms with Crippen LogP contribution in [-0.2, 0) is 5.54 Å². The highest BCUT2D eigenvalue weighted by atomic mass is 32.2. The summed E-state index contributed by atoms with van der Waals surface area (Å²) in [5.41, 5.74) is 2.70. The first kappa shape index (κ1) is 13.7. The van der Waals surface area contributed by atoms with Crippen LogP contribution in [0.3, 0.4) is 0 Å². The topological polar surface area (TPSA) is 26.0 Å². The normalized spacial score (nSPS) is 19.8. The lowest BCUT2D eigenvalue weighted by atomic mass is 9.77. The van der Waals surface area contributed by atoms with E-state index < -0.39 is 5.51 Å². The van der Waals surface area contributed by atoms with Gasteiger partial charge >= 0.3 is 5.51 Å². The number of thioether (sulfide) groups is 1. The number of alkyl halides is 3. The second kappa shape index (κ2) is 5.13. The zero-order valence-electron chi connectivity index (χ0n) is 9.96. The Hall–Kier alpha value is -0.680. The average Bonchev–Trinajstić information content (AvgIpc) is 2.28. The molecule has 0 spiro atoms. The van der Waals surface area contributed by atoms with Crippen molar-refractivity contribution in [2.75, 3.05) is 0 Å². The van der Waals surface area contributed by atoms with Crippen molar-refractivity contribution in [3.05, 3.63) is 29.8 Å². The maximum atomic E-state index is 12.2. The van der Waals surface area contributed by atoms with Gasteiger partial charge in [-0.25, -0.2) is 0 Å². The van der Waals surface area contributed by atoms with Crippen LogP contribution in [0.15, 0.2) is 29.2 Å². The molecule has 0 aromatic heterocycles. The standard InChI is InChI=1S/C13H16F3NS/c14-13(15,16)18-11-6-4-10(5-7-11)12(17)8-2-1-3-9-12/h4-7H,1-3,8-9,17H2. The van der Waals surface area contributed by atoms with Crippen LogP contribution in [0.1, 0.15) is 37.7 Å². The predicted octanol–water partition coefficient (Wildman–Crippen LogP) is 4.42. The fraction of sp³-hybridized carbons (Fsp3) is 0.538. The van der Waals surface area contributed by atoms with Crippen molar-refractivity contribution >= 4 is 11.8 Å². The quantitative estimate of drug-likeness (QED) is 0.809. The molecule has 1 aromatic rings. The van der Waals surface area contributed by atoms with E-state index >= 15 is 0 Å². The Morgan fingerprint density at radius 2 is 1.56 bits per heavy atom. The molecule has 2 N–H and O–H groups in total. The molecule has 1 nitrogen and oxygen atoms in total. The molecule has 0 aliphatic heterocycles. The highest BCUT2D eigenvalue weighted by molar-refractivity contribution is 8.00. The first-order valence-corrected chi connectivity index (χ1v) is 6.86. The van der Waals surface area contributed by atoms with Crippen molar-refractivity contribution in [2.24, 2.45) is 5.73 Å². The SMILES string of the molecule is NC1(c2ccc(SC(F)(F)F)cc2)CCCCC1. The van der Waals surface area contributed by atoms with Crippen LogP contribution in [-0.4, -0.2) is 5.51 Å². The zero-order valence-corrected chi connectivity index (χ0v) is 10.8. The van der Waals surface area contributed by atoms with Gasteiger partial charge in [0.05, 0.1) is 0 Å². The summed E-state index contributed by atoms with van der Waals surface area (Å²) in [5, 5.41) is 0. The monoisotopic (exact) mass is 275 g/mol. The molecule has 1 saturated carbocycles. The molecule has 100 valence electrons. The first-order chi connectivity index (χ1) is 8.39. The number of nitrogens with two attached hydrogens (primary N) is 1. The van der Waals surface area contributed by atoms with E-state index in [9.17, 15) is 13.2 Å². The van der Waals surface area contributed by atoms with Gasteiger partial charge in [-0.3, -0.25) is 0 Å². The van der Waals surface area contributed by atoms with Gasteiger partial charge in [0.1, 0.15) is 0 Å². The van der Waals surface area contributed by atoms with Crippen molar-refractivity contribution < 1.29 is 13.2 Å². The maximum absolute atomic E-state index is 12.2. The minimum atomic E-state index is -4.23. The third-order valence-corrected chi connectivity index (χ3v) is 4.15. The highest BCUT2D eigenvalue weighted by Gasteiger charge is 2.31. The van der Waals surface area contributed by atoms with Crippen LogP contribution >= 0.6 is 11.8 Å². The number of rotatable bonds is 2. The Kier molecular flexibility index (Phi) is 3.92. The molecular weight excluding hydrogens is 259 g/mol. The summed E-state index contributed by atoms with van der Waals surface area (Å²) in [5.74, 6) is 0. The van der Waals surface area contributed by atoms with Gasteiger partial charge in [-0.1, -0.05) is 31.4 Å². The molecule has 1 fully saturated rings. The molecule has 0 atom stereocenters. The molecular formula is C13H16F3NS. The van der Waals surface area contributed by atoms with Gasteiger partial charge in [0.15, 0.2) is 0 Å². The van der Waals surface area contributed by atoms with Gasteiger partial charge in [0, 0.05) is 10.4 Å². The fourth-order valence-corrected chi connectivity index (χ4v) is 3.00. The molecule has 2 rings (SSSR count). The second-order valence-corrected chi connectivity index (χ2v) is 5.93. The van der Waals surface area contributed by atoms with Gasteiger partial charge in [0.2, 0.25) is 0 Å². The average molecular weight is 275 g/mol. The second-order valence-electron chi connectivity index (χ2n) is 4.79. The Morgan fingerprint density at radius 1 is 1.00 bits per heavy atom. The van der Waals surface area contributed by atoms with E-state index in [2.05, 4.69) is 0 Å². The lowest BCUT2D eigenvalue weighted by Crippen LogP contribution is -2.38. The van der Waals surface area contributed by atoms with Gasteiger partial charge in [-0.15, -0.1) is 0 Å². The zero-order chi connectivity index (χ0) is 13.2. The van der Waals surface area contributed by atoms with Crippen molar-refractivity contribution in [1.29, 1.82) is 0 Å². The summed E-state index contributed by atoms with van der Waals surface area (Å²) >= 11 is -0.0858. The van der Waals surface area contributed by atoms with E-state index in [1.165, 1.54) is 18.6 Å². The van der Waals surface area contributed by atoms with E-state index in [-0.39, 0.29) is 22.2 Å². The maximum Gasteiger partial charge on any atom is 0.446 e. The minimum absolute atomic E-state index is 0.0858. The van der Waals surface area contributed by atoms with Crippen molar-refractivity contribution in [3.8, 4) is 0 Å². The summed E-state index contributed by atoms with van der Waals surface area (Å²) in [6, 6.07) is 6.49. The molecule has 0 radical (unpaired) electrons. The summed E-state index contributed by atoms with van der Waals surface area (Å²) in [7, 11) is 0. The van der Waals surface area contributed by atoms with E-state index in [0.717, 1.165) is 31.2 Å². The number of benzene rings is 1. The van der Waals surface area contributed by atoms with Gasteiger partial charge in [-0.2, -0.15) is 13.2 Å². The van der Waals surface area contributed by atoms with E-state index in [1.54, 1.807) is 12.1 Å². The van der Waals surface area contributed by atoms with E-state index in [1.807, 2.05) is 0 Å². The minimum Gasteiger partial charge on any atom is -0.321 e. The van der Waals surface area contributed by atoms with Crippen molar-refractivity contribution in [1.82, 2.24) is 0 Å². The molecule has 1 aliphatic carbocycles. The molecule has 1 aromatic carbocycles. The van der Waals surface area contributed by atoms with E-state index in [0.29, 0.717) is 0 Å². The molecule has 0 saturated heterocycles. The van der Waals surface area contributed by atoms with Gasteiger partial charge < -0.3 is 5.73 Å². The number of hydrogen-bond acceptors (Lipinski definition) is 2. The summed E-state index contributed by atoms with van der Waals surface area (Å²) in [6.07, 6.45) is 5.21. The van der Waals surface area contributed by atoms with Crippen LogP contribution < -0.4 is 5.73 Å². The Morgan fingerprint density at radius 3 is 2.06 bits per heavy atom. The van der Waals surface area contributed by atoms with Crippen LogP contribution in [0, 0.1) is 0 Å². The summed E-state index contributed by atoms with van der Waals surface area (Å²) in [4.78, 5) is 0.214. The van der Waals surface area contributed by atoms with Crippen LogP contribution in [0.25, 0.3) is 0 Å². The molecule has 0 unspecified atom stereocenters. The molecule has 1 aliphatic rings. The smallest absolute Gasteiger partial charge is 0.321 e. The Balaban J connectivity index is 2.12. The first-order valence-electron chi connectivity index (χ1n) is 6.04. The molecule has 18 heavy (non-hydrogen) atoms. The number of halogens is 3. The lowest BCUT2D eigenvalue weighted by molar-refractivity contribution is -0.0328. The van der Waals surface area contributed by atoms with Gasteiger partial charge in [0.25, 0.3) is 0 Å². The third kappa shape index (κ3) is 3.42. The lowest BCUT2D eigenvalue weighted by Gasteiger charge is -2.34. The van der Waals surface area contributed by atoms with Crippen molar-refractivity contribution in [3.63, 3.8) is 0 Å². The Labute approximate surface area is 109 Å². The van der Waals surface area contributed by atoms with E-state index in [4.69, 9.17) is 5.73 Å². The van der Waals surface area contributed by atoms with Crippen molar-refractivity contribution in [2.45, 2.75) is 48.0 Å². The molecule has 0 amide bonds. The molecule has 0 heterocycles. The molecule has 0 bridgehead atoms. The van der Waals surface area contributed by atoms with Gasteiger partial charge in [-0.05, 0) is 42.3 Å². The largest absolute Gasteiger partial charge is 0.446 e. The van der Waals surface area contributed by atoms with Crippen LogP contribution in [0.5, 0.6) is 0 Å². The van der Waals surface area contributed by atoms with Crippen LogP contribution in [0.2, 0.25) is 0 Å². The summed E-state index contributed by atoms with van der Waals surface area (Å²) < 4.78 is 36.6. The highest BCUT2D eigenvalue weighted by Crippen LogP contribution is 2.39. The predicted molar refractivity (Wildman–Crippen MR) is 67.3 cm³/mol. The van der Waals surface area contributed by atoms with Crippen LogP contribution in [0.4, 0.5) is 13.2 Å². The number of hydrogen-bond donors (Lipinski definition) is 1. The summed E-state index contributed by atoms with van der Waals surface area (Å²) in [6.45, 7) is 0. The fourth-order valence-electron chi connectivity index (χ4n) is 2.46. The Bertz CT molecular complexity index is 394.